The number of primary amides is 1. The van der Waals surface area contributed by atoms with Gasteiger partial charge in [0.15, 0.2) is 5.96 Å². The van der Waals surface area contributed by atoms with Crippen LogP contribution in [-0.4, -0.2) is 323 Å². The monoisotopic (exact) mass is 1900 g/mol. The second kappa shape index (κ2) is 66.3. The fourth-order valence-electron chi connectivity index (χ4n) is 15.9. The minimum Gasteiger partial charge on any atom is -0.394 e. The highest BCUT2D eigenvalue weighted by molar-refractivity contribution is 5.94. The second-order valence-corrected chi connectivity index (χ2v) is 34.8. The highest BCUT2D eigenvalue weighted by atomic mass is 16.5. The van der Waals surface area contributed by atoms with Gasteiger partial charge in [0.2, 0.25) is 59.1 Å². The van der Waals surface area contributed by atoms with Gasteiger partial charge in [-0.15, -0.1) is 0 Å². The third-order valence-electron chi connectivity index (χ3n) is 23.7. The molecule has 0 aliphatic carbocycles. The van der Waals surface area contributed by atoms with E-state index in [1.165, 1.54) is 82.5 Å². The maximum Gasteiger partial charge on any atom is 0.245 e. The van der Waals surface area contributed by atoms with Crippen LogP contribution in [0.4, 0.5) is 0 Å². The minimum absolute atomic E-state index is 0.00517. The molecule has 2 saturated heterocycles. The second-order valence-electron chi connectivity index (χ2n) is 34.8. The number of hydrogen-bond acceptors (Lipinski definition) is 30. The Balaban J connectivity index is 0.000000478. The zero-order valence-corrected chi connectivity index (χ0v) is 78.6. The number of aliphatic imine (C=N–C) groups is 2. The summed E-state index contributed by atoms with van der Waals surface area (Å²) in [6.07, 6.45) is 13.7. The Labute approximate surface area is 786 Å². The maximum atomic E-state index is 14.4. The summed E-state index contributed by atoms with van der Waals surface area (Å²) in [6.45, 7) is 5.21. The van der Waals surface area contributed by atoms with Crippen LogP contribution in [0.2, 0.25) is 0 Å². The van der Waals surface area contributed by atoms with Gasteiger partial charge in [0.1, 0.15) is 67.6 Å². The Kier molecular flexibility index (Phi) is 57.0. The number of aromatic nitrogens is 1. The first kappa shape index (κ1) is 115. The van der Waals surface area contributed by atoms with Gasteiger partial charge in [0.05, 0.1) is 89.3 Å². The lowest BCUT2D eigenvalue weighted by Gasteiger charge is -2.34. The van der Waals surface area contributed by atoms with Crippen LogP contribution in [0.25, 0.3) is 10.9 Å². The number of aliphatic hydroxyl groups excluding tert-OH is 9. The molecule has 4 heterocycles. The molecule has 6 rings (SSSR count). The van der Waals surface area contributed by atoms with E-state index in [-0.39, 0.29) is 115 Å². The molecular weight excluding hydrogens is 1740 g/mol. The number of rotatable bonds is 56. The van der Waals surface area contributed by atoms with Crippen LogP contribution in [0.15, 0.2) is 70.8 Å². The molecule has 2 aromatic carbocycles. The molecule has 758 valence electrons. The maximum absolute atomic E-state index is 14.4. The van der Waals surface area contributed by atoms with Crippen molar-refractivity contribution in [3.8, 4) is 0 Å². The number of amides is 10. The molecule has 32 N–H and O–H groups in total. The van der Waals surface area contributed by atoms with Gasteiger partial charge in [-0.3, -0.25) is 84.5 Å². The molecule has 19 atom stereocenters. The molecule has 0 saturated carbocycles. The van der Waals surface area contributed by atoms with Crippen LogP contribution in [-0.2, 0) is 70.3 Å². The van der Waals surface area contributed by atoms with Gasteiger partial charge < -0.3 is 136 Å². The lowest BCUT2D eigenvalue weighted by atomic mass is 10.00. The third-order valence-corrected chi connectivity index (χ3v) is 23.7. The van der Waals surface area contributed by atoms with Crippen molar-refractivity contribution in [1.29, 1.82) is 0 Å². The predicted octanol–water partition coefficient (Wildman–Crippen LogP) is -3.41. The Morgan fingerprint density at radius 3 is 1.98 bits per heavy atom. The van der Waals surface area contributed by atoms with Gasteiger partial charge in [-0.2, -0.15) is 0 Å². The van der Waals surface area contributed by atoms with Gasteiger partial charge in [-0.1, -0.05) is 159 Å². The minimum atomic E-state index is -1.70. The van der Waals surface area contributed by atoms with Gasteiger partial charge in [0, 0.05) is 100 Å². The van der Waals surface area contributed by atoms with Crippen LogP contribution >= 0.6 is 0 Å². The molecule has 134 heavy (non-hydrogen) atoms. The van der Waals surface area contributed by atoms with Crippen molar-refractivity contribution in [2.24, 2.45) is 38.8 Å². The number of nitrogens with one attached hydrogen (secondary N) is 15. The molecule has 3 aliphatic heterocycles. The van der Waals surface area contributed by atoms with Crippen molar-refractivity contribution in [3.63, 3.8) is 0 Å². The Morgan fingerprint density at radius 2 is 1.32 bits per heavy atom. The average Bonchev–Trinajstić information content (AvgIpc) is 1.68. The highest BCUT2D eigenvalue weighted by Crippen LogP contribution is 2.26. The smallest absolute Gasteiger partial charge is 0.245 e. The Bertz CT molecular complexity index is 3940. The van der Waals surface area contributed by atoms with E-state index in [4.69, 9.17) is 32.4 Å². The van der Waals surface area contributed by atoms with Crippen LogP contribution in [0.3, 0.4) is 0 Å². The number of fused-ring (bicyclic) bond motifs is 2. The fraction of sp³-hybridized carbons (Fsp3) is 0.714. The molecule has 10 amide bonds. The number of hydrogen-bond donors (Lipinski definition) is 28. The first-order valence-electron chi connectivity index (χ1n) is 47.8. The lowest BCUT2D eigenvalue weighted by Crippen LogP contribution is -2.63. The molecule has 1 aromatic heterocycles. The Hall–Kier alpha value is -9.26. The number of nitrogens with two attached hydrogens (primary N) is 4. The van der Waals surface area contributed by atoms with E-state index in [1.54, 1.807) is 31.2 Å². The van der Waals surface area contributed by atoms with E-state index in [9.17, 15) is 93.9 Å². The zero-order valence-electron chi connectivity index (χ0n) is 78.6. The fourth-order valence-corrected chi connectivity index (χ4v) is 15.9. The number of carbonyl (C=O) groups excluding carboxylic acids is 10. The van der Waals surface area contributed by atoms with E-state index < -0.39 is 177 Å². The third kappa shape index (κ3) is 45.6. The summed E-state index contributed by atoms with van der Waals surface area (Å²) in [5.74, 6) is -6.41. The number of carbonyl (C=O) groups is 10. The molecule has 0 bridgehead atoms. The number of likely N-dealkylation sites (N-methyl/N-ethyl adjacent to an activating group) is 1. The Morgan fingerprint density at radius 1 is 0.664 bits per heavy atom. The molecule has 43 heteroatoms. The number of aromatic amines is 1. The molecule has 43 nitrogen and oxygen atoms in total. The van der Waals surface area contributed by atoms with Crippen molar-refractivity contribution in [3.05, 3.63) is 71.9 Å². The van der Waals surface area contributed by atoms with Crippen LogP contribution in [0.5, 0.6) is 0 Å². The van der Waals surface area contributed by atoms with E-state index >= 15 is 0 Å². The number of nitrogens with zero attached hydrogens (tertiary/aromatic N) is 3. The lowest BCUT2D eigenvalue weighted by molar-refractivity contribution is -0.142. The number of guanidine groups is 1. The predicted molar refractivity (Wildman–Crippen MR) is 505 cm³/mol. The number of ether oxygens (including phenoxy) is 2. The molecule has 0 spiro atoms. The SMILES string of the molecule is CCCCCCCCCCCCCCCC(=O)NCCOCCOC[C@@H](O)NCC(=O)N[C@@H](CO)C(=O)N[C@@H](CCC(N)=O)[C@H](O)N[C@@H](C[C@H]1CN=CN1)[C@H](O)N[C@@H](CO)C(=O)N[C@@H](CCCC)C(=O)NC.C[C@H]1CCC(=O)NCCCC[C@@H]([C@@H](N)O)N[C@@H](O)[C@H](Cc2c[nH]c3ccccc23)N[C@@H](O)[C@H](CCCN=C(N)N)NC(=O)[C@@H](Cc2ccccc2)NC(=O)[C@@H]2C[C@@H](O)CN2C1=O. The van der Waals surface area contributed by atoms with Gasteiger partial charge in [-0.25, -0.2) is 0 Å². The molecule has 3 aliphatic rings. The van der Waals surface area contributed by atoms with E-state index in [0.29, 0.717) is 71.2 Å². The van der Waals surface area contributed by atoms with Crippen molar-refractivity contribution in [1.82, 2.24) is 84.3 Å². The van der Waals surface area contributed by atoms with E-state index in [2.05, 4.69) is 96.3 Å². The molecule has 0 radical (unpaired) electrons. The molecule has 3 aromatic rings. The summed E-state index contributed by atoms with van der Waals surface area (Å²) in [5.41, 5.74) is 24.9. The van der Waals surface area contributed by atoms with Crippen molar-refractivity contribution < 1.29 is 103 Å². The number of benzene rings is 2. The first-order chi connectivity index (χ1) is 64.4. The van der Waals surface area contributed by atoms with Gasteiger partial charge in [-0.05, 0) is 87.8 Å². The highest BCUT2D eigenvalue weighted by Gasteiger charge is 2.43. The zero-order chi connectivity index (χ0) is 98.1. The topological polar surface area (TPSA) is 687 Å². The van der Waals surface area contributed by atoms with Crippen molar-refractivity contribution in [2.45, 2.75) is 323 Å². The first-order valence-corrected chi connectivity index (χ1v) is 47.8. The summed E-state index contributed by atoms with van der Waals surface area (Å²) in [6, 6.07) is 5.06. The standard InChI is InChI=1S/C48H93N11O13.C43H65N11O8/c1-4-6-8-9-10-11-12-13-14-15-16-17-18-20-41(63)52-23-24-71-25-26-72-32-43(65)53-29-42(64)55-38(30-60)47(69)57-36(21-22-40(49)62)45(67)58-37(27-34-28-51-33-54-34)46(68)59-39(31-61)48(70)56-35(19-7-5-2)44(66)50-3;1-25-16-17-36(56)47-18-8-7-14-31(37(44)57)50-40(60)34(21-27-23-49-30-13-6-5-12-29(27)30)52-38(58)32(15-9-19-48-43(45)46)51-39(59)33(20-26-10-3-2-4-11-26)53-41(61)35-22-28(55)24-54(35)42(25)62/h33-39,43,45-46,53,58-61,65,67-68H,4-32H2,1-3H3,(H2,49,62)(H,50,66)(H,51,54)(H,52,63)(H,55,64)(H,56,70)(H,57,69);2-6,10-13,23,25,28,31-35,37-38,40,49-50,52,55,57-58,60H,7-9,14-22,24,44H2,1H3,(H,47,56)(H,51,59)(H,53,61)(H4,45,46,48)/t34-,35-,36-,37-,38-,39-,43+,45-,46-;25-,28+,31-,32-,33+,34-,35-,37-,38-,40-/m00/s1. The van der Waals surface area contributed by atoms with Crippen LogP contribution in [0.1, 0.15) is 212 Å². The van der Waals surface area contributed by atoms with Crippen LogP contribution < -0.4 is 97.4 Å². The molecular formula is C91H158N22O21. The van der Waals surface area contributed by atoms with Crippen LogP contribution in [0, 0.1) is 5.92 Å². The largest absolute Gasteiger partial charge is 0.394 e. The number of unbranched alkanes of at least 4 members (excludes halogenated alkanes) is 13. The van der Waals surface area contributed by atoms with Crippen molar-refractivity contribution >= 4 is 82.3 Å². The van der Waals surface area contributed by atoms with Gasteiger partial charge >= 0.3 is 0 Å². The summed E-state index contributed by atoms with van der Waals surface area (Å²) in [7, 11) is 1.43. The number of H-pyrrole nitrogens is 1. The molecule has 0 unspecified atom stereocenters. The van der Waals surface area contributed by atoms with Crippen molar-refractivity contribution in [2.75, 3.05) is 86.0 Å². The van der Waals surface area contributed by atoms with E-state index in [1.807, 2.05) is 43.5 Å². The average molecular weight is 1900 g/mol. The quantitative estimate of drug-likeness (QED) is 0.0113. The summed E-state index contributed by atoms with van der Waals surface area (Å²) in [5, 5.41) is 138. The molecule has 2 fully saturated rings. The summed E-state index contributed by atoms with van der Waals surface area (Å²) >= 11 is 0. The normalized spacial score (nSPS) is 22.1. The summed E-state index contributed by atoms with van der Waals surface area (Å²) < 4.78 is 10.9. The number of para-hydroxylation sites is 1. The van der Waals surface area contributed by atoms with Gasteiger partial charge in [0.25, 0.3) is 0 Å². The summed E-state index contributed by atoms with van der Waals surface area (Å²) in [4.78, 5) is 143. The van der Waals surface area contributed by atoms with E-state index in [0.717, 1.165) is 47.7 Å². The number of aliphatic hydroxyl groups is 9.